The largest absolute Gasteiger partial charge is 0.489 e. The number of hydrogen-bond donors (Lipinski definition) is 1. The van der Waals surface area contributed by atoms with Gasteiger partial charge in [0.2, 0.25) is 0 Å². The molecule has 0 spiro atoms. The predicted octanol–water partition coefficient (Wildman–Crippen LogP) is 6.04. The lowest BCUT2D eigenvalue weighted by Crippen LogP contribution is -2.17. The lowest BCUT2D eigenvalue weighted by molar-refractivity contribution is 0.302. The molecule has 0 bridgehead atoms. The minimum absolute atomic E-state index is 0.254. The third-order valence-electron chi connectivity index (χ3n) is 4.15. The standard InChI is InChI=1S/C22H20Cl2FNO/c23-19-5-1-16(2-6-19)11-12-26-14-18-13-20(24)7-10-22(18)27-15-17-3-8-21(25)9-4-17/h1-10,13,26H,11-12,14-15H2. The molecule has 3 aromatic rings. The van der Waals surface area contributed by atoms with Crippen molar-refractivity contribution in [2.24, 2.45) is 0 Å². The highest BCUT2D eigenvalue weighted by molar-refractivity contribution is 6.30. The van der Waals surface area contributed by atoms with Crippen LogP contribution in [-0.2, 0) is 19.6 Å². The molecule has 5 heteroatoms. The first-order chi connectivity index (χ1) is 13.1. The molecule has 0 aromatic heterocycles. The molecule has 0 saturated heterocycles. The lowest BCUT2D eigenvalue weighted by atomic mass is 10.1. The van der Waals surface area contributed by atoms with Crippen molar-refractivity contribution in [2.75, 3.05) is 6.54 Å². The van der Waals surface area contributed by atoms with Gasteiger partial charge in [-0.3, -0.25) is 0 Å². The molecule has 0 aliphatic heterocycles. The van der Waals surface area contributed by atoms with Gasteiger partial charge in [-0.15, -0.1) is 0 Å². The molecule has 27 heavy (non-hydrogen) atoms. The van der Waals surface area contributed by atoms with Crippen LogP contribution in [0.25, 0.3) is 0 Å². The van der Waals surface area contributed by atoms with Crippen LogP contribution in [0.1, 0.15) is 16.7 Å². The Morgan fingerprint density at radius 3 is 2.22 bits per heavy atom. The van der Waals surface area contributed by atoms with Crippen molar-refractivity contribution < 1.29 is 9.13 Å². The fourth-order valence-corrected chi connectivity index (χ4v) is 3.00. The van der Waals surface area contributed by atoms with Gasteiger partial charge < -0.3 is 10.1 Å². The van der Waals surface area contributed by atoms with Gasteiger partial charge in [-0.25, -0.2) is 4.39 Å². The van der Waals surface area contributed by atoms with Gasteiger partial charge in [-0.05, 0) is 66.6 Å². The Hall–Kier alpha value is -2.07. The van der Waals surface area contributed by atoms with E-state index in [1.54, 1.807) is 18.2 Å². The average molecular weight is 404 g/mol. The van der Waals surface area contributed by atoms with Gasteiger partial charge in [0.05, 0.1) is 0 Å². The molecule has 0 fully saturated rings. The van der Waals surface area contributed by atoms with E-state index in [-0.39, 0.29) is 5.82 Å². The van der Waals surface area contributed by atoms with Crippen molar-refractivity contribution in [3.63, 3.8) is 0 Å². The Morgan fingerprint density at radius 2 is 1.48 bits per heavy atom. The van der Waals surface area contributed by atoms with Crippen molar-refractivity contribution in [3.8, 4) is 5.75 Å². The van der Waals surface area contributed by atoms with Gasteiger partial charge in [-0.1, -0.05) is 47.5 Å². The minimum Gasteiger partial charge on any atom is -0.489 e. The molecular weight excluding hydrogens is 384 g/mol. The molecule has 0 atom stereocenters. The Labute approximate surface area is 168 Å². The highest BCUT2D eigenvalue weighted by Crippen LogP contribution is 2.24. The Bertz CT molecular complexity index is 866. The number of nitrogens with one attached hydrogen (secondary N) is 1. The summed E-state index contributed by atoms with van der Waals surface area (Å²) in [4.78, 5) is 0. The maximum absolute atomic E-state index is 13.0. The number of benzene rings is 3. The first-order valence-corrected chi connectivity index (χ1v) is 9.46. The van der Waals surface area contributed by atoms with E-state index in [1.807, 2.05) is 36.4 Å². The molecule has 0 saturated carbocycles. The summed E-state index contributed by atoms with van der Waals surface area (Å²) >= 11 is 12.0. The van der Waals surface area contributed by atoms with E-state index >= 15 is 0 Å². The van der Waals surface area contributed by atoms with Gasteiger partial charge in [-0.2, -0.15) is 0 Å². The van der Waals surface area contributed by atoms with Crippen molar-refractivity contribution in [1.82, 2.24) is 5.32 Å². The van der Waals surface area contributed by atoms with Gasteiger partial charge in [0.15, 0.2) is 0 Å². The maximum atomic E-state index is 13.0. The molecule has 0 aliphatic carbocycles. The van der Waals surface area contributed by atoms with Gasteiger partial charge >= 0.3 is 0 Å². The topological polar surface area (TPSA) is 21.3 Å². The van der Waals surface area contributed by atoms with Crippen molar-refractivity contribution in [3.05, 3.63) is 99.3 Å². The molecule has 0 aliphatic rings. The molecule has 0 unspecified atom stereocenters. The molecular formula is C22H20Cl2FNO. The number of ether oxygens (including phenoxy) is 1. The third-order valence-corrected chi connectivity index (χ3v) is 4.64. The molecule has 0 radical (unpaired) electrons. The smallest absolute Gasteiger partial charge is 0.124 e. The van der Waals surface area contributed by atoms with Crippen LogP contribution in [0, 0.1) is 5.82 Å². The van der Waals surface area contributed by atoms with Crippen LogP contribution in [0.2, 0.25) is 10.0 Å². The second-order valence-electron chi connectivity index (χ2n) is 6.22. The summed E-state index contributed by atoms with van der Waals surface area (Å²) < 4.78 is 18.9. The lowest BCUT2D eigenvalue weighted by Gasteiger charge is -2.13. The summed E-state index contributed by atoms with van der Waals surface area (Å²) in [5.74, 6) is 0.513. The SMILES string of the molecule is Fc1ccc(COc2ccc(Cl)cc2CNCCc2ccc(Cl)cc2)cc1. The van der Waals surface area contributed by atoms with Crippen LogP contribution in [0.15, 0.2) is 66.7 Å². The average Bonchev–Trinajstić information content (AvgIpc) is 2.67. The quantitative estimate of drug-likeness (QED) is 0.462. The highest BCUT2D eigenvalue weighted by atomic mass is 35.5. The number of hydrogen-bond acceptors (Lipinski definition) is 2. The summed E-state index contributed by atoms with van der Waals surface area (Å²) in [6, 6.07) is 19.7. The Kier molecular flexibility index (Phi) is 7.11. The zero-order chi connectivity index (χ0) is 19.1. The van der Waals surface area contributed by atoms with E-state index in [0.717, 1.165) is 34.9 Å². The van der Waals surface area contributed by atoms with E-state index in [4.69, 9.17) is 27.9 Å². The van der Waals surface area contributed by atoms with Crippen LogP contribution in [0.4, 0.5) is 4.39 Å². The Balaban J connectivity index is 1.55. The van der Waals surface area contributed by atoms with Crippen LogP contribution in [0.5, 0.6) is 5.75 Å². The fraction of sp³-hybridized carbons (Fsp3) is 0.182. The normalized spacial score (nSPS) is 10.8. The van der Waals surface area contributed by atoms with Crippen LogP contribution in [0.3, 0.4) is 0 Å². The molecule has 2 nitrogen and oxygen atoms in total. The van der Waals surface area contributed by atoms with E-state index in [2.05, 4.69) is 5.32 Å². The van der Waals surface area contributed by atoms with E-state index in [0.29, 0.717) is 18.2 Å². The van der Waals surface area contributed by atoms with Crippen LogP contribution in [-0.4, -0.2) is 6.54 Å². The van der Waals surface area contributed by atoms with Crippen LogP contribution >= 0.6 is 23.2 Å². The third kappa shape index (κ3) is 6.24. The maximum Gasteiger partial charge on any atom is 0.124 e. The fourth-order valence-electron chi connectivity index (χ4n) is 2.68. The second-order valence-corrected chi connectivity index (χ2v) is 7.09. The molecule has 0 amide bonds. The van der Waals surface area contributed by atoms with Crippen molar-refractivity contribution in [1.29, 1.82) is 0 Å². The summed E-state index contributed by atoms with van der Waals surface area (Å²) in [6.07, 6.45) is 0.906. The first kappa shape index (κ1) is 19.7. The summed E-state index contributed by atoms with van der Waals surface area (Å²) in [7, 11) is 0. The Morgan fingerprint density at radius 1 is 0.815 bits per heavy atom. The van der Waals surface area contributed by atoms with E-state index in [1.165, 1.54) is 17.7 Å². The highest BCUT2D eigenvalue weighted by Gasteiger charge is 2.06. The molecule has 3 rings (SSSR count). The van der Waals surface area contributed by atoms with Crippen molar-refractivity contribution in [2.45, 2.75) is 19.6 Å². The monoisotopic (exact) mass is 403 g/mol. The van der Waals surface area contributed by atoms with Gasteiger partial charge in [0, 0.05) is 22.2 Å². The first-order valence-electron chi connectivity index (χ1n) is 8.71. The minimum atomic E-state index is -0.254. The zero-order valence-corrected chi connectivity index (χ0v) is 16.2. The molecule has 3 aromatic carbocycles. The second kappa shape index (κ2) is 9.75. The van der Waals surface area contributed by atoms with Crippen molar-refractivity contribution >= 4 is 23.2 Å². The predicted molar refractivity (Wildman–Crippen MR) is 109 cm³/mol. The van der Waals surface area contributed by atoms with E-state index < -0.39 is 0 Å². The molecule has 1 N–H and O–H groups in total. The van der Waals surface area contributed by atoms with Gasteiger partial charge in [0.1, 0.15) is 18.2 Å². The molecule has 0 heterocycles. The zero-order valence-electron chi connectivity index (χ0n) is 14.7. The number of halogens is 3. The molecule has 140 valence electrons. The summed E-state index contributed by atoms with van der Waals surface area (Å²) in [6.45, 7) is 1.85. The summed E-state index contributed by atoms with van der Waals surface area (Å²) in [5, 5.41) is 4.83. The van der Waals surface area contributed by atoms with E-state index in [9.17, 15) is 4.39 Å². The summed E-state index contributed by atoms with van der Waals surface area (Å²) in [5.41, 5.74) is 3.12. The van der Waals surface area contributed by atoms with Crippen LogP contribution < -0.4 is 10.1 Å². The number of rotatable bonds is 8. The van der Waals surface area contributed by atoms with Gasteiger partial charge in [0.25, 0.3) is 0 Å².